The maximum atomic E-state index is 5.96. The molecule has 1 aliphatic heterocycles. The maximum absolute atomic E-state index is 5.96. The second-order valence-corrected chi connectivity index (χ2v) is 3.38. The van der Waals surface area contributed by atoms with Gasteiger partial charge in [-0.3, -0.25) is 0 Å². The fraction of sp³-hybridized carbons (Fsp3) is 0.333. The second-order valence-electron chi connectivity index (χ2n) is 2.97. The van der Waals surface area contributed by atoms with Crippen molar-refractivity contribution < 1.29 is 4.74 Å². The van der Waals surface area contributed by atoms with Gasteiger partial charge in [-0.05, 0) is 12.1 Å². The van der Waals surface area contributed by atoms with Crippen molar-refractivity contribution in [3.8, 4) is 5.75 Å². The molecule has 13 heavy (non-hydrogen) atoms. The van der Waals surface area contributed by atoms with Crippen LogP contribution in [0.3, 0.4) is 0 Å². The number of hydrogen-bond acceptors (Lipinski definition) is 3. The van der Waals surface area contributed by atoms with Crippen molar-refractivity contribution >= 4 is 17.3 Å². The van der Waals surface area contributed by atoms with Crippen molar-refractivity contribution in [3.63, 3.8) is 0 Å². The highest BCUT2D eigenvalue weighted by Gasteiger charge is 2.19. The van der Waals surface area contributed by atoms with E-state index in [1.165, 1.54) is 0 Å². The third kappa shape index (κ3) is 1.57. The third-order valence-electron chi connectivity index (χ3n) is 2.03. The van der Waals surface area contributed by atoms with Crippen LogP contribution in [0.4, 0.5) is 5.69 Å². The van der Waals surface area contributed by atoms with Gasteiger partial charge in [0.1, 0.15) is 6.10 Å². The summed E-state index contributed by atoms with van der Waals surface area (Å²) in [6, 6.07) is 5.63. The van der Waals surface area contributed by atoms with Crippen molar-refractivity contribution in [1.82, 2.24) is 0 Å². The van der Waals surface area contributed by atoms with E-state index in [4.69, 9.17) is 22.1 Å². The van der Waals surface area contributed by atoms with Gasteiger partial charge in [-0.15, -0.1) is 0 Å². The quantitative estimate of drug-likeness (QED) is 0.719. The molecule has 0 bridgehead atoms. The molecule has 4 heteroatoms. The van der Waals surface area contributed by atoms with E-state index in [-0.39, 0.29) is 6.10 Å². The van der Waals surface area contributed by atoms with E-state index in [1.54, 1.807) is 6.07 Å². The van der Waals surface area contributed by atoms with E-state index in [0.29, 0.717) is 17.3 Å². The summed E-state index contributed by atoms with van der Waals surface area (Å²) >= 11 is 5.96. The topological polar surface area (TPSA) is 47.3 Å². The molecule has 3 N–H and O–H groups in total. The molecule has 2 rings (SSSR count). The van der Waals surface area contributed by atoms with Gasteiger partial charge in [0, 0.05) is 6.54 Å². The first kappa shape index (κ1) is 8.66. The van der Waals surface area contributed by atoms with Crippen LogP contribution in [0, 0.1) is 0 Å². The number of ether oxygens (including phenoxy) is 1. The molecule has 1 heterocycles. The molecule has 0 saturated carbocycles. The maximum Gasteiger partial charge on any atom is 0.161 e. The average molecular weight is 199 g/mol. The predicted molar refractivity (Wildman–Crippen MR) is 53.4 cm³/mol. The Kier molecular flexibility index (Phi) is 2.29. The second kappa shape index (κ2) is 3.44. The molecule has 1 aromatic rings. The largest absolute Gasteiger partial charge is 0.484 e. The summed E-state index contributed by atoms with van der Waals surface area (Å²) < 4.78 is 5.59. The lowest BCUT2D eigenvalue weighted by atomic mass is 10.2. The van der Waals surface area contributed by atoms with Gasteiger partial charge in [0.15, 0.2) is 5.75 Å². The van der Waals surface area contributed by atoms with Gasteiger partial charge < -0.3 is 15.8 Å². The Morgan fingerprint density at radius 3 is 3.23 bits per heavy atom. The number of hydrogen-bond donors (Lipinski definition) is 2. The first-order valence-electron chi connectivity index (χ1n) is 4.20. The zero-order valence-corrected chi connectivity index (χ0v) is 7.84. The van der Waals surface area contributed by atoms with E-state index in [2.05, 4.69) is 5.32 Å². The van der Waals surface area contributed by atoms with Crippen LogP contribution in [0.2, 0.25) is 5.02 Å². The fourth-order valence-electron chi connectivity index (χ4n) is 1.33. The van der Waals surface area contributed by atoms with Gasteiger partial charge in [0.05, 0.1) is 17.3 Å². The molecule has 0 amide bonds. The van der Waals surface area contributed by atoms with Crippen molar-refractivity contribution in [2.45, 2.75) is 6.10 Å². The van der Waals surface area contributed by atoms with Crippen molar-refractivity contribution in [3.05, 3.63) is 23.2 Å². The van der Waals surface area contributed by atoms with Crippen LogP contribution >= 0.6 is 11.6 Å². The van der Waals surface area contributed by atoms with Crippen LogP contribution in [0.15, 0.2) is 18.2 Å². The summed E-state index contributed by atoms with van der Waals surface area (Å²) in [6.07, 6.45) is 0.0207. The summed E-state index contributed by atoms with van der Waals surface area (Å²) in [6.45, 7) is 1.24. The Morgan fingerprint density at radius 2 is 2.46 bits per heavy atom. The first-order valence-corrected chi connectivity index (χ1v) is 4.58. The van der Waals surface area contributed by atoms with Crippen LogP contribution in [0.5, 0.6) is 5.75 Å². The molecule has 0 aliphatic carbocycles. The fourth-order valence-corrected chi connectivity index (χ4v) is 1.55. The van der Waals surface area contributed by atoms with Crippen molar-refractivity contribution in [2.75, 3.05) is 18.4 Å². The summed E-state index contributed by atoms with van der Waals surface area (Å²) in [7, 11) is 0. The minimum Gasteiger partial charge on any atom is -0.484 e. The highest BCUT2D eigenvalue weighted by Crippen LogP contribution is 2.35. The number of rotatable bonds is 1. The van der Waals surface area contributed by atoms with Crippen molar-refractivity contribution in [2.24, 2.45) is 5.73 Å². The number of nitrogens with two attached hydrogens (primary N) is 1. The molecular weight excluding hydrogens is 188 g/mol. The minimum atomic E-state index is 0.0207. The number of halogens is 1. The molecular formula is C9H11ClN2O. The highest BCUT2D eigenvalue weighted by molar-refractivity contribution is 6.32. The zero-order chi connectivity index (χ0) is 9.26. The average Bonchev–Trinajstić information content (AvgIpc) is 2.18. The Morgan fingerprint density at radius 1 is 1.62 bits per heavy atom. The summed E-state index contributed by atoms with van der Waals surface area (Å²) in [5.74, 6) is 0.714. The zero-order valence-electron chi connectivity index (χ0n) is 7.09. The summed E-state index contributed by atoms with van der Waals surface area (Å²) in [5, 5.41) is 3.84. The number of anilines is 1. The number of fused-ring (bicyclic) bond motifs is 1. The third-order valence-corrected chi connectivity index (χ3v) is 2.33. The Bertz CT molecular complexity index is 316. The van der Waals surface area contributed by atoms with Crippen molar-refractivity contribution in [1.29, 1.82) is 0 Å². The Labute approximate surface area is 81.8 Å². The number of nitrogens with one attached hydrogen (secondary N) is 1. The lowest BCUT2D eigenvalue weighted by Gasteiger charge is -2.26. The summed E-state index contributed by atoms with van der Waals surface area (Å²) in [5.41, 5.74) is 6.44. The van der Waals surface area contributed by atoms with Gasteiger partial charge >= 0.3 is 0 Å². The monoisotopic (exact) mass is 198 g/mol. The molecule has 1 atom stereocenters. The molecule has 0 aromatic heterocycles. The predicted octanol–water partition coefficient (Wildman–Crippen LogP) is 1.47. The van der Waals surface area contributed by atoms with Crippen LogP contribution in [-0.4, -0.2) is 19.2 Å². The van der Waals surface area contributed by atoms with E-state index in [1.807, 2.05) is 12.1 Å². The number of para-hydroxylation sites is 1. The standard InChI is InChI=1S/C9H11ClN2O/c10-7-2-1-3-8-9(7)13-6(4-11)5-12-8/h1-3,6,12H,4-5,11H2/t6-/m1/s1. The Hall–Kier alpha value is -0.930. The van der Waals surface area contributed by atoms with Gasteiger partial charge in [-0.25, -0.2) is 0 Å². The molecule has 1 aromatic carbocycles. The van der Waals surface area contributed by atoms with Gasteiger partial charge in [-0.1, -0.05) is 17.7 Å². The molecule has 1 aliphatic rings. The number of benzene rings is 1. The normalized spacial score (nSPS) is 20.0. The molecule has 3 nitrogen and oxygen atoms in total. The molecule has 0 radical (unpaired) electrons. The lowest BCUT2D eigenvalue weighted by molar-refractivity contribution is 0.214. The van der Waals surface area contributed by atoms with Crippen LogP contribution in [-0.2, 0) is 0 Å². The minimum absolute atomic E-state index is 0.0207. The van der Waals surface area contributed by atoms with Gasteiger partial charge in [0.2, 0.25) is 0 Å². The van der Waals surface area contributed by atoms with Crippen LogP contribution < -0.4 is 15.8 Å². The van der Waals surface area contributed by atoms with E-state index < -0.39 is 0 Å². The van der Waals surface area contributed by atoms with E-state index in [0.717, 1.165) is 12.2 Å². The van der Waals surface area contributed by atoms with Gasteiger partial charge in [0.25, 0.3) is 0 Å². The van der Waals surface area contributed by atoms with Crippen LogP contribution in [0.25, 0.3) is 0 Å². The smallest absolute Gasteiger partial charge is 0.161 e. The summed E-state index contributed by atoms with van der Waals surface area (Å²) in [4.78, 5) is 0. The van der Waals surface area contributed by atoms with Crippen LogP contribution in [0.1, 0.15) is 0 Å². The molecule has 0 unspecified atom stereocenters. The Balaban J connectivity index is 2.32. The van der Waals surface area contributed by atoms with E-state index >= 15 is 0 Å². The lowest BCUT2D eigenvalue weighted by Crippen LogP contribution is -2.37. The molecule has 0 saturated heterocycles. The SMILES string of the molecule is NC[C@@H]1CNc2cccc(Cl)c2O1. The van der Waals surface area contributed by atoms with E-state index in [9.17, 15) is 0 Å². The highest BCUT2D eigenvalue weighted by atomic mass is 35.5. The molecule has 0 fully saturated rings. The first-order chi connectivity index (χ1) is 6.31. The molecule has 0 spiro atoms. The molecule has 70 valence electrons. The van der Waals surface area contributed by atoms with Gasteiger partial charge in [-0.2, -0.15) is 0 Å².